The zero-order chi connectivity index (χ0) is 34.9. The van der Waals surface area contributed by atoms with Crippen molar-refractivity contribution in [2.75, 3.05) is 4.90 Å². The van der Waals surface area contributed by atoms with Crippen LogP contribution >= 0.6 is 0 Å². The van der Waals surface area contributed by atoms with E-state index in [2.05, 4.69) is 202 Å². The molecule has 248 valence electrons. The summed E-state index contributed by atoms with van der Waals surface area (Å²) < 4.78 is 4.70. The Morgan fingerprint density at radius 2 is 0.943 bits per heavy atom. The number of para-hydroxylation sites is 6. The van der Waals surface area contributed by atoms with Gasteiger partial charge < -0.3 is 9.47 Å². The van der Waals surface area contributed by atoms with Gasteiger partial charge in [0.2, 0.25) is 0 Å². The number of fused-ring (bicyclic) bond motifs is 10. The molecule has 7 aromatic carbocycles. The van der Waals surface area contributed by atoms with Gasteiger partial charge in [-0.05, 0) is 72.3 Å². The molecule has 4 heterocycles. The first kappa shape index (κ1) is 29.5. The van der Waals surface area contributed by atoms with Gasteiger partial charge in [0.1, 0.15) is 5.82 Å². The Kier molecular flexibility index (Phi) is 6.52. The maximum atomic E-state index is 5.10. The molecule has 1 aliphatic heterocycles. The molecule has 0 amide bonds. The second-order valence-electron chi connectivity index (χ2n) is 13.6. The Hall–Kier alpha value is -7.17. The number of hydrogen-bond acceptors (Lipinski definition) is 2. The van der Waals surface area contributed by atoms with Crippen LogP contribution in [0.25, 0.3) is 77.7 Å². The van der Waals surface area contributed by atoms with Crippen molar-refractivity contribution in [3.05, 3.63) is 194 Å². The first-order chi connectivity index (χ1) is 26.3. The van der Waals surface area contributed by atoms with Crippen molar-refractivity contribution in [1.29, 1.82) is 0 Å². The molecule has 11 rings (SSSR count). The molecule has 0 spiro atoms. The van der Waals surface area contributed by atoms with Crippen molar-refractivity contribution in [3.8, 4) is 45.0 Å². The average molecular weight is 677 g/mol. The summed E-state index contributed by atoms with van der Waals surface area (Å²) in [5.41, 5.74) is 15.0. The molecule has 1 aliphatic rings. The van der Waals surface area contributed by atoms with E-state index in [1.54, 1.807) is 0 Å². The van der Waals surface area contributed by atoms with Crippen LogP contribution in [-0.4, -0.2) is 14.1 Å². The lowest BCUT2D eigenvalue weighted by atomic mass is 9.95. The van der Waals surface area contributed by atoms with Gasteiger partial charge in [-0.1, -0.05) is 121 Å². The third-order valence-corrected chi connectivity index (χ3v) is 10.7. The van der Waals surface area contributed by atoms with Gasteiger partial charge in [-0.2, -0.15) is 0 Å². The predicted molar refractivity (Wildman–Crippen MR) is 220 cm³/mol. The van der Waals surface area contributed by atoms with E-state index >= 15 is 0 Å². The lowest BCUT2D eigenvalue weighted by Gasteiger charge is -2.28. The summed E-state index contributed by atoms with van der Waals surface area (Å²) in [6, 6.07) is 67.5. The molecule has 0 unspecified atom stereocenters. The summed E-state index contributed by atoms with van der Waals surface area (Å²) in [6.07, 6.45) is 2.02. The van der Waals surface area contributed by atoms with Gasteiger partial charge in [0.25, 0.3) is 0 Å². The highest BCUT2D eigenvalue weighted by Crippen LogP contribution is 2.55. The SMILES string of the molecule is c1ccc(N2c3cc(-c4ccc(-n5c6ccccc6c6ccccc65)nc4)ccc3-c3c(n(-c4ccccc4)c4ccccc34)-c3ccccc32)cc1. The Morgan fingerprint density at radius 3 is 1.62 bits per heavy atom. The van der Waals surface area contributed by atoms with Crippen LogP contribution < -0.4 is 4.90 Å². The average Bonchev–Trinajstić information content (AvgIpc) is 3.71. The molecule has 0 saturated carbocycles. The van der Waals surface area contributed by atoms with Gasteiger partial charge in [-0.3, -0.25) is 4.57 Å². The van der Waals surface area contributed by atoms with Crippen molar-refractivity contribution < 1.29 is 0 Å². The highest BCUT2D eigenvalue weighted by atomic mass is 15.2. The molecule has 0 atom stereocenters. The third-order valence-electron chi connectivity index (χ3n) is 10.7. The number of pyridine rings is 1. The second kappa shape index (κ2) is 11.7. The van der Waals surface area contributed by atoms with Crippen LogP contribution in [0.1, 0.15) is 0 Å². The number of aromatic nitrogens is 3. The van der Waals surface area contributed by atoms with Crippen LogP contribution in [0.3, 0.4) is 0 Å². The molecule has 10 aromatic rings. The fraction of sp³-hybridized carbons (Fsp3) is 0. The van der Waals surface area contributed by atoms with Crippen LogP contribution in [0.15, 0.2) is 194 Å². The van der Waals surface area contributed by atoms with Crippen molar-refractivity contribution in [1.82, 2.24) is 14.1 Å². The van der Waals surface area contributed by atoms with Gasteiger partial charge in [0.15, 0.2) is 0 Å². The Morgan fingerprint density at radius 1 is 0.377 bits per heavy atom. The van der Waals surface area contributed by atoms with Gasteiger partial charge >= 0.3 is 0 Å². The van der Waals surface area contributed by atoms with Gasteiger partial charge in [-0.15, -0.1) is 0 Å². The molecule has 0 radical (unpaired) electrons. The number of nitrogens with zero attached hydrogens (tertiary/aromatic N) is 4. The molecule has 4 heteroatoms. The van der Waals surface area contributed by atoms with E-state index in [4.69, 9.17) is 4.98 Å². The quantitative estimate of drug-likeness (QED) is 0.185. The Balaban J connectivity index is 1.15. The van der Waals surface area contributed by atoms with E-state index in [1.165, 1.54) is 44.1 Å². The van der Waals surface area contributed by atoms with E-state index in [-0.39, 0.29) is 0 Å². The number of benzene rings is 7. The van der Waals surface area contributed by atoms with E-state index in [9.17, 15) is 0 Å². The van der Waals surface area contributed by atoms with E-state index < -0.39 is 0 Å². The molecule has 0 saturated heterocycles. The standard InChI is InChI=1S/C49H32N4/c1-3-15-35(16-4-1)51-45-26-14-10-22-41(45)49-48(39-21-9-13-25-44(39)52(49)36-17-5-2-6-18-36)40-29-27-33(31-46(40)51)34-28-30-47(50-32-34)53-42-23-11-7-19-37(42)38-20-8-12-24-43(38)53/h1-32H. The molecular weight excluding hydrogens is 645 g/mol. The summed E-state index contributed by atoms with van der Waals surface area (Å²) >= 11 is 0. The van der Waals surface area contributed by atoms with E-state index in [1.807, 2.05) is 6.20 Å². The molecular formula is C49H32N4. The van der Waals surface area contributed by atoms with Crippen molar-refractivity contribution in [2.24, 2.45) is 0 Å². The minimum atomic E-state index is 0.902. The zero-order valence-electron chi connectivity index (χ0n) is 28.8. The van der Waals surface area contributed by atoms with Gasteiger partial charge in [0, 0.05) is 56.0 Å². The first-order valence-corrected chi connectivity index (χ1v) is 18.1. The number of hydrogen-bond donors (Lipinski definition) is 0. The van der Waals surface area contributed by atoms with Crippen LogP contribution in [0.4, 0.5) is 17.1 Å². The Labute approximate surface area is 307 Å². The number of anilines is 3. The van der Waals surface area contributed by atoms with Crippen molar-refractivity contribution in [2.45, 2.75) is 0 Å². The zero-order valence-corrected chi connectivity index (χ0v) is 28.8. The fourth-order valence-electron chi connectivity index (χ4n) is 8.43. The first-order valence-electron chi connectivity index (χ1n) is 18.1. The molecule has 53 heavy (non-hydrogen) atoms. The van der Waals surface area contributed by atoms with Gasteiger partial charge in [-0.25, -0.2) is 4.98 Å². The topological polar surface area (TPSA) is 26.0 Å². The minimum absolute atomic E-state index is 0.902. The van der Waals surface area contributed by atoms with Crippen LogP contribution in [0.2, 0.25) is 0 Å². The largest absolute Gasteiger partial charge is 0.309 e. The molecule has 4 nitrogen and oxygen atoms in total. The molecule has 0 bridgehead atoms. The Bertz CT molecular complexity index is 2940. The summed E-state index contributed by atoms with van der Waals surface area (Å²) in [5, 5.41) is 3.69. The maximum absolute atomic E-state index is 5.10. The monoisotopic (exact) mass is 676 g/mol. The van der Waals surface area contributed by atoms with Gasteiger partial charge in [0.05, 0.1) is 33.6 Å². The smallest absolute Gasteiger partial charge is 0.137 e. The summed E-state index contributed by atoms with van der Waals surface area (Å²) in [7, 11) is 0. The molecule has 0 aliphatic carbocycles. The van der Waals surface area contributed by atoms with Crippen LogP contribution in [0, 0.1) is 0 Å². The van der Waals surface area contributed by atoms with Crippen LogP contribution in [0.5, 0.6) is 0 Å². The van der Waals surface area contributed by atoms with Crippen LogP contribution in [-0.2, 0) is 0 Å². The molecule has 0 N–H and O–H groups in total. The summed E-state index contributed by atoms with van der Waals surface area (Å²) in [6.45, 7) is 0. The minimum Gasteiger partial charge on any atom is -0.309 e. The summed E-state index contributed by atoms with van der Waals surface area (Å²) in [5.74, 6) is 0.902. The molecule has 3 aromatic heterocycles. The van der Waals surface area contributed by atoms with E-state index in [0.29, 0.717) is 0 Å². The normalized spacial score (nSPS) is 12.1. The predicted octanol–water partition coefficient (Wildman–Crippen LogP) is 12.9. The summed E-state index contributed by atoms with van der Waals surface area (Å²) in [4.78, 5) is 7.53. The maximum Gasteiger partial charge on any atom is 0.137 e. The third kappa shape index (κ3) is 4.46. The van der Waals surface area contributed by atoms with Crippen molar-refractivity contribution >= 4 is 49.8 Å². The second-order valence-corrected chi connectivity index (χ2v) is 13.6. The van der Waals surface area contributed by atoms with Crippen molar-refractivity contribution in [3.63, 3.8) is 0 Å². The lowest BCUT2D eigenvalue weighted by molar-refractivity contribution is 1.08. The highest BCUT2D eigenvalue weighted by molar-refractivity contribution is 6.13. The molecule has 0 fully saturated rings. The fourth-order valence-corrected chi connectivity index (χ4v) is 8.43. The lowest BCUT2D eigenvalue weighted by Crippen LogP contribution is -2.11. The van der Waals surface area contributed by atoms with E-state index in [0.717, 1.165) is 50.7 Å². The highest BCUT2D eigenvalue weighted by Gasteiger charge is 2.31. The number of rotatable bonds is 4.